The predicted molar refractivity (Wildman–Crippen MR) is 86.0 cm³/mol. The number of rotatable bonds is 5. The molecule has 0 N–H and O–H groups in total. The Morgan fingerprint density at radius 3 is 2.83 bits per heavy atom. The number of pyridine rings is 1. The third-order valence-corrected chi connectivity index (χ3v) is 4.27. The van der Waals surface area contributed by atoms with Crippen LogP contribution in [0.1, 0.15) is 41.9 Å². The molecule has 0 radical (unpaired) electrons. The fourth-order valence-corrected chi connectivity index (χ4v) is 2.90. The van der Waals surface area contributed by atoms with Crippen molar-refractivity contribution in [2.45, 2.75) is 31.8 Å². The van der Waals surface area contributed by atoms with E-state index in [1.165, 1.54) is 6.39 Å². The second-order valence-electron chi connectivity index (χ2n) is 5.91. The highest BCUT2D eigenvalue weighted by atomic mass is 16.4. The topological polar surface area (TPSA) is 72.4 Å². The van der Waals surface area contributed by atoms with Gasteiger partial charge in [-0.3, -0.25) is 9.78 Å². The lowest BCUT2D eigenvalue weighted by Crippen LogP contribution is -2.36. The van der Waals surface area contributed by atoms with Gasteiger partial charge in [-0.1, -0.05) is 6.07 Å². The van der Waals surface area contributed by atoms with Crippen LogP contribution in [0.5, 0.6) is 0 Å². The Hall–Kier alpha value is -2.89. The number of oxazole rings is 1. The van der Waals surface area contributed by atoms with E-state index in [4.69, 9.17) is 8.83 Å². The summed E-state index contributed by atoms with van der Waals surface area (Å²) in [6.45, 7) is 2.01. The van der Waals surface area contributed by atoms with Crippen molar-refractivity contribution < 1.29 is 13.6 Å². The summed E-state index contributed by atoms with van der Waals surface area (Å²) in [7, 11) is 0. The largest absolute Gasteiger partial charge is 0.461 e. The molecule has 0 aliphatic heterocycles. The molecular weight excluding hydrogens is 306 g/mol. The Morgan fingerprint density at radius 2 is 2.17 bits per heavy atom. The molecule has 1 fully saturated rings. The van der Waals surface area contributed by atoms with Crippen LogP contribution in [-0.4, -0.2) is 26.8 Å². The highest BCUT2D eigenvalue weighted by Gasteiger charge is 2.39. The molecule has 1 aliphatic carbocycles. The third kappa shape index (κ3) is 2.60. The normalized spacial score (nSPS) is 15.2. The van der Waals surface area contributed by atoms with Crippen LogP contribution in [0.15, 0.2) is 58.2 Å². The van der Waals surface area contributed by atoms with Gasteiger partial charge in [0.15, 0.2) is 17.8 Å². The quantitative estimate of drug-likeness (QED) is 0.716. The van der Waals surface area contributed by atoms with Crippen LogP contribution in [0.3, 0.4) is 0 Å². The highest BCUT2D eigenvalue weighted by molar-refractivity contribution is 5.97. The van der Waals surface area contributed by atoms with Crippen LogP contribution in [0.2, 0.25) is 0 Å². The molecule has 1 saturated carbocycles. The van der Waals surface area contributed by atoms with Crippen LogP contribution in [0.25, 0.3) is 11.5 Å². The number of carbonyl (C=O) groups excluding carboxylic acids is 1. The predicted octanol–water partition coefficient (Wildman–Crippen LogP) is 3.70. The zero-order valence-corrected chi connectivity index (χ0v) is 13.3. The van der Waals surface area contributed by atoms with E-state index in [2.05, 4.69) is 9.97 Å². The van der Waals surface area contributed by atoms with Crippen molar-refractivity contribution in [2.75, 3.05) is 0 Å². The molecule has 0 spiro atoms. The van der Waals surface area contributed by atoms with Crippen LogP contribution in [-0.2, 0) is 0 Å². The van der Waals surface area contributed by atoms with Crippen LogP contribution < -0.4 is 0 Å². The van der Waals surface area contributed by atoms with E-state index < -0.39 is 0 Å². The summed E-state index contributed by atoms with van der Waals surface area (Å²) in [5.41, 5.74) is 1.29. The van der Waals surface area contributed by atoms with Crippen molar-refractivity contribution in [3.8, 4) is 11.5 Å². The van der Waals surface area contributed by atoms with E-state index in [9.17, 15) is 4.79 Å². The molecule has 6 heteroatoms. The highest BCUT2D eigenvalue weighted by Crippen LogP contribution is 2.36. The molecule has 1 amide bonds. The van der Waals surface area contributed by atoms with Crippen molar-refractivity contribution in [3.63, 3.8) is 0 Å². The molecule has 0 saturated heterocycles. The van der Waals surface area contributed by atoms with Gasteiger partial charge in [0.05, 0.1) is 12.3 Å². The minimum Gasteiger partial charge on any atom is -0.461 e. The molecular formula is C18H17N3O3. The SMILES string of the molecule is C[C@@H](c1cccnc1)N(C(=O)c1ncoc1-c1ccco1)C1CC1. The third-order valence-electron chi connectivity index (χ3n) is 4.27. The molecule has 3 aromatic heterocycles. The number of amides is 1. The summed E-state index contributed by atoms with van der Waals surface area (Å²) in [6.07, 6.45) is 8.36. The maximum Gasteiger partial charge on any atom is 0.277 e. The first kappa shape index (κ1) is 14.7. The summed E-state index contributed by atoms with van der Waals surface area (Å²) >= 11 is 0. The van der Waals surface area contributed by atoms with Crippen molar-refractivity contribution in [2.24, 2.45) is 0 Å². The number of hydrogen-bond acceptors (Lipinski definition) is 5. The van der Waals surface area contributed by atoms with Gasteiger partial charge in [0, 0.05) is 18.4 Å². The van der Waals surface area contributed by atoms with E-state index in [-0.39, 0.29) is 23.7 Å². The lowest BCUT2D eigenvalue weighted by Gasteiger charge is -2.29. The molecule has 1 atom stereocenters. The number of hydrogen-bond donors (Lipinski definition) is 0. The molecule has 1 aliphatic rings. The zero-order chi connectivity index (χ0) is 16.5. The zero-order valence-electron chi connectivity index (χ0n) is 13.3. The summed E-state index contributed by atoms with van der Waals surface area (Å²) in [5.74, 6) is 0.726. The second kappa shape index (κ2) is 5.96. The monoisotopic (exact) mass is 323 g/mol. The molecule has 0 aromatic carbocycles. The van der Waals surface area contributed by atoms with Crippen LogP contribution in [0.4, 0.5) is 0 Å². The second-order valence-corrected chi connectivity index (χ2v) is 5.91. The summed E-state index contributed by atoms with van der Waals surface area (Å²) in [4.78, 5) is 23.3. The van der Waals surface area contributed by atoms with Gasteiger partial charge in [-0.15, -0.1) is 0 Å². The van der Waals surface area contributed by atoms with Crippen molar-refractivity contribution >= 4 is 5.91 Å². The van der Waals surface area contributed by atoms with Gasteiger partial charge in [0.1, 0.15) is 0 Å². The minimum atomic E-state index is -0.144. The van der Waals surface area contributed by atoms with Crippen molar-refractivity contribution in [1.82, 2.24) is 14.9 Å². The molecule has 6 nitrogen and oxygen atoms in total. The van der Waals surface area contributed by atoms with Gasteiger partial charge < -0.3 is 13.7 Å². The Kier molecular flexibility index (Phi) is 3.65. The number of carbonyl (C=O) groups is 1. The van der Waals surface area contributed by atoms with E-state index in [1.54, 1.807) is 30.8 Å². The first-order valence-electron chi connectivity index (χ1n) is 7.95. The molecule has 24 heavy (non-hydrogen) atoms. The fraction of sp³-hybridized carbons (Fsp3) is 0.278. The maximum absolute atomic E-state index is 13.2. The first-order valence-corrected chi connectivity index (χ1v) is 7.95. The Bertz CT molecular complexity index is 822. The van der Waals surface area contributed by atoms with E-state index >= 15 is 0 Å². The van der Waals surface area contributed by atoms with Gasteiger partial charge in [-0.05, 0) is 43.5 Å². The average molecular weight is 323 g/mol. The maximum atomic E-state index is 13.2. The number of furan rings is 1. The molecule has 122 valence electrons. The van der Waals surface area contributed by atoms with Crippen molar-refractivity contribution in [3.05, 3.63) is 60.6 Å². The van der Waals surface area contributed by atoms with Crippen LogP contribution in [0, 0.1) is 0 Å². The smallest absolute Gasteiger partial charge is 0.277 e. The molecule has 4 rings (SSSR count). The Morgan fingerprint density at radius 1 is 1.29 bits per heavy atom. The van der Waals surface area contributed by atoms with E-state index in [0.717, 1.165) is 18.4 Å². The Balaban J connectivity index is 1.68. The van der Waals surface area contributed by atoms with Gasteiger partial charge in [0.2, 0.25) is 5.76 Å². The molecule has 3 aromatic rings. The standard InChI is InChI=1S/C18H17N3O3/c1-12(13-4-2-8-19-10-13)21(14-6-7-14)18(22)16-17(24-11-20-16)15-5-3-9-23-15/h2-5,8-12,14H,6-7H2,1H3/t12-/m0/s1. The molecule has 3 heterocycles. The molecule has 0 bridgehead atoms. The summed E-state index contributed by atoms with van der Waals surface area (Å²) < 4.78 is 10.8. The van der Waals surface area contributed by atoms with Gasteiger partial charge >= 0.3 is 0 Å². The lowest BCUT2D eigenvalue weighted by molar-refractivity contribution is 0.0668. The van der Waals surface area contributed by atoms with E-state index in [0.29, 0.717) is 11.5 Å². The number of nitrogens with zero attached hydrogens (tertiary/aromatic N) is 3. The fourth-order valence-electron chi connectivity index (χ4n) is 2.90. The van der Waals surface area contributed by atoms with Crippen LogP contribution >= 0.6 is 0 Å². The lowest BCUT2D eigenvalue weighted by atomic mass is 10.1. The number of aromatic nitrogens is 2. The Labute approximate surface area is 139 Å². The summed E-state index contributed by atoms with van der Waals surface area (Å²) in [5, 5.41) is 0. The summed E-state index contributed by atoms with van der Waals surface area (Å²) in [6, 6.07) is 7.52. The van der Waals surface area contributed by atoms with E-state index in [1.807, 2.05) is 24.0 Å². The first-order chi connectivity index (χ1) is 11.8. The molecule has 0 unspecified atom stereocenters. The van der Waals surface area contributed by atoms with Gasteiger partial charge in [-0.2, -0.15) is 0 Å². The van der Waals surface area contributed by atoms with Crippen molar-refractivity contribution in [1.29, 1.82) is 0 Å². The minimum absolute atomic E-state index is 0.0835. The average Bonchev–Trinajstić information content (AvgIpc) is 3.11. The van der Waals surface area contributed by atoms with Gasteiger partial charge in [-0.25, -0.2) is 4.98 Å². The van der Waals surface area contributed by atoms with Gasteiger partial charge in [0.25, 0.3) is 5.91 Å².